The van der Waals surface area contributed by atoms with Crippen molar-refractivity contribution in [1.29, 1.82) is 0 Å². The number of hydrogen-bond acceptors (Lipinski definition) is 5. The number of benzene rings is 1. The predicted molar refractivity (Wildman–Crippen MR) is 99.9 cm³/mol. The summed E-state index contributed by atoms with van der Waals surface area (Å²) >= 11 is 1.35. The van der Waals surface area contributed by atoms with Crippen LogP contribution in [0.5, 0.6) is 0 Å². The number of para-hydroxylation sites is 1. The molecule has 2 aliphatic rings. The molecule has 1 N–H and O–H groups in total. The van der Waals surface area contributed by atoms with Crippen LogP contribution in [-0.4, -0.2) is 47.1 Å². The van der Waals surface area contributed by atoms with E-state index < -0.39 is 17.3 Å². The van der Waals surface area contributed by atoms with Crippen LogP contribution in [-0.2, 0) is 19.1 Å². The molecule has 26 heavy (non-hydrogen) atoms. The van der Waals surface area contributed by atoms with E-state index in [-0.39, 0.29) is 18.2 Å². The Hall–Kier alpha value is -2.02. The van der Waals surface area contributed by atoms with Gasteiger partial charge in [-0.2, -0.15) is 0 Å². The molecule has 0 aromatic heterocycles. The number of thioether (sulfide) groups is 1. The molecule has 2 heterocycles. The van der Waals surface area contributed by atoms with Crippen LogP contribution in [0.2, 0.25) is 0 Å². The zero-order valence-corrected chi connectivity index (χ0v) is 15.7. The first-order chi connectivity index (χ1) is 12.5. The van der Waals surface area contributed by atoms with Gasteiger partial charge in [-0.05, 0) is 31.9 Å². The van der Waals surface area contributed by atoms with Crippen molar-refractivity contribution in [1.82, 2.24) is 4.90 Å². The number of hydrogen-bond donors (Lipinski definition) is 1. The molecule has 0 bridgehead atoms. The van der Waals surface area contributed by atoms with Crippen molar-refractivity contribution in [2.24, 2.45) is 0 Å². The smallest absolute Gasteiger partial charge is 0.308 e. The Balaban J connectivity index is 1.53. The van der Waals surface area contributed by atoms with Gasteiger partial charge in [0, 0.05) is 18.0 Å². The molecule has 2 amide bonds. The number of fused-ring (bicyclic) bond motifs is 1. The summed E-state index contributed by atoms with van der Waals surface area (Å²) < 4.78 is 5.32. The van der Waals surface area contributed by atoms with E-state index in [9.17, 15) is 14.4 Å². The van der Waals surface area contributed by atoms with Crippen molar-refractivity contribution in [2.45, 2.75) is 55.3 Å². The van der Waals surface area contributed by atoms with Gasteiger partial charge in [0.15, 0.2) is 6.10 Å². The third-order valence-electron chi connectivity index (χ3n) is 4.63. The highest BCUT2D eigenvalue weighted by Crippen LogP contribution is 2.36. The van der Waals surface area contributed by atoms with Crippen LogP contribution in [0, 0.1) is 0 Å². The number of nitrogens with one attached hydrogen (secondary N) is 1. The van der Waals surface area contributed by atoms with Crippen LogP contribution in [0.15, 0.2) is 29.2 Å². The first kappa shape index (κ1) is 18.8. The molecule has 1 saturated heterocycles. The Morgan fingerprint density at radius 2 is 1.92 bits per heavy atom. The first-order valence-corrected chi connectivity index (χ1v) is 9.97. The van der Waals surface area contributed by atoms with Crippen molar-refractivity contribution in [3.63, 3.8) is 0 Å². The van der Waals surface area contributed by atoms with E-state index in [4.69, 9.17) is 4.74 Å². The van der Waals surface area contributed by atoms with Crippen molar-refractivity contribution in [2.75, 3.05) is 18.4 Å². The average molecular weight is 376 g/mol. The normalized spacial score (nSPS) is 21.2. The number of likely N-dealkylation sites (tertiary alicyclic amines) is 1. The second-order valence-electron chi connectivity index (χ2n) is 6.67. The van der Waals surface area contributed by atoms with Crippen LogP contribution >= 0.6 is 11.8 Å². The molecule has 7 heteroatoms. The van der Waals surface area contributed by atoms with E-state index in [2.05, 4.69) is 5.32 Å². The summed E-state index contributed by atoms with van der Waals surface area (Å²) in [6.07, 6.45) is 3.38. The lowest BCUT2D eigenvalue weighted by Gasteiger charge is -2.25. The van der Waals surface area contributed by atoms with Crippen molar-refractivity contribution in [3.8, 4) is 0 Å². The minimum atomic E-state index is -0.815. The molecular formula is C19H24N2O4S. The second-order valence-corrected chi connectivity index (χ2v) is 7.91. The lowest BCUT2D eigenvalue weighted by Crippen LogP contribution is -2.41. The molecule has 6 nitrogen and oxygen atoms in total. The fourth-order valence-electron chi connectivity index (χ4n) is 3.22. The third-order valence-corrected chi connectivity index (χ3v) is 5.91. The Labute approximate surface area is 157 Å². The first-order valence-electron chi connectivity index (χ1n) is 9.09. The summed E-state index contributed by atoms with van der Waals surface area (Å²) in [5, 5.41) is 2.26. The largest absolute Gasteiger partial charge is 0.452 e. The summed E-state index contributed by atoms with van der Waals surface area (Å²) in [7, 11) is 0. The maximum absolute atomic E-state index is 12.5. The van der Waals surface area contributed by atoms with Gasteiger partial charge in [0.2, 0.25) is 5.91 Å². The summed E-state index contributed by atoms with van der Waals surface area (Å²) in [5.74, 6) is -0.879. The molecule has 0 unspecified atom stereocenters. The Bertz CT molecular complexity index is 686. The van der Waals surface area contributed by atoms with Crippen LogP contribution in [0.4, 0.5) is 5.69 Å². The zero-order chi connectivity index (χ0) is 18.5. The lowest BCUT2D eigenvalue weighted by atomic mass is 10.2. The standard InChI is InChI=1S/C19H24N2O4S/c1-13(19(24)21-10-6-2-3-7-11-21)25-17(22)12-16-18(23)20-14-8-4-5-9-15(14)26-16/h4-5,8-9,13,16H,2-3,6-7,10-12H2,1H3,(H,20,23)/t13-,16+/m0/s1. The van der Waals surface area contributed by atoms with Crippen LogP contribution in [0.25, 0.3) is 0 Å². The maximum atomic E-state index is 12.5. The molecule has 0 saturated carbocycles. The van der Waals surface area contributed by atoms with Crippen LogP contribution < -0.4 is 5.32 Å². The number of anilines is 1. The minimum Gasteiger partial charge on any atom is -0.452 e. The average Bonchev–Trinajstić information content (AvgIpc) is 2.91. The number of ether oxygens (including phenoxy) is 1. The quantitative estimate of drug-likeness (QED) is 0.818. The molecule has 0 spiro atoms. The molecule has 0 radical (unpaired) electrons. The molecule has 1 fully saturated rings. The molecule has 1 aromatic carbocycles. The lowest BCUT2D eigenvalue weighted by molar-refractivity contribution is -0.159. The number of esters is 1. The van der Waals surface area contributed by atoms with Crippen molar-refractivity contribution < 1.29 is 19.1 Å². The molecule has 3 rings (SSSR count). The van der Waals surface area contributed by atoms with E-state index in [0.29, 0.717) is 0 Å². The van der Waals surface area contributed by atoms with Gasteiger partial charge in [0.1, 0.15) is 0 Å². The number of carbonyl (C=O) groups excluding carboxylic acids is 3. The molecule has 140 valence electrons. The molecule has 0 aliphatic carbocycles. The SMILES string of the molecule is C[C@H](OC(=O)C[C@H]1Sc2ccccc2NC1=O)C(=O)N1CCCCCC1. The highest BCUT2D eigenvalue weighted by Gasteiger charge is 2.31. The van der Waals surface area contributed by atoms with Gasteiger partial charge >= 0.3 is 5.97 Å². The Morgan fingerprint density at radius 1 is 1.23 bits per heavy atom. The fraction of sp³-hybridized carbons (Fsp3) is 0.526. The van der Waals surface area contributed by atoms with Gasteiger partial charge < -0.3 is 15.0 Å². The number of rotatable bonds is 4. The predicted octanol–water partition coefficient (Wildman–Crippen LogP) is 2.82. The maximum Gasteiger partial charge on any atom is 0.308 e. The van der Waals surface area contributed by atoms with Crippen molar-refractivity contribution >= 4 is 35.2 Å². The van der Waals surface area contributed by atoms with Gasteiger partial charge in [0.25, 0.3) is 5.91 Å². The number of nitrogens with zero attached hydrogens (tertiary/aromatic N) is 1. The van der Waals surface area contributed by atoms with E-state index >= 15 is 0 Å². The van der Waals surface area contributed by atoms with Crippen molar-refractivity contribution in [3.05, 3.63) is 24.3 Å². The topological polar surface area (TPSA) is 75.7 Å². The van der Waals surface area contributed by atoms with E-state index in [1.807, 2.05) is 24.3 Å². The van der Waals surface area contributed by atoms with E-state index in [1.165, 1.54) is 11.8 Å². The van der Waals surface area contributed by atoms with Gasteiger partial charge in [-0.3, -0.25) is 14.4 Å². The Morgan fingerprint density at radius 3 is 2.65 bits per heavy atom. The third kappa shape index (κ3) is 4.58. The van der Waals surface area contributed by atoms with Crippen LogP contribution in [0.3, 0.4) is 0 Å². The monoisotopic (exact) mass is 376 g/mol. The van der Waals surface area contributed by atoms with Gasteiger partial charge in [-0.25, -0.2) is 0 Å². The summed E-state index contributed by atoms with van der Waals surface area (Å²) in [5.41, 5.74) is 0.761. The van der Waals surface area contributed by atoms with Gasteiger partial charge in [-0.1, -0.05) is 25.0 Å². The summed E-state index contributed by atoms with van der Waals surface area (Å²) in [6.45, 7) is 3.05. The van der Waals surface area contributed by atoms with Crippen LogP contribution in [0.1, 0.15) is 39.0 Å². The highest BCUT2D eigenvalue weighted by molar-refractivity contribution is 8.01. The number of carbonyl (C=O) groups is 3. The molecular weight excluding hydrogens is 352 g/mol. The number of amides is 2. The fourth-order valence-corrected chi connectivity index (χ4v) is 4.32. The second kappa shape index (κ2) is 8.58. The minimum absolute atomic E-state index is 0.0531. The van der Waals surface area contributed by atoms with Gasteiger partial charge in [-0.15, -0.1) is 11.8 Å². The molecule has 2 aliphatic heterocycles. The van der Waals surface area contributed by atoms with E-state index in [1.54, 1.807) is 11.8 Å². The Kier molecular flexibility index (Phi) is 6.19. The van der Waals surface area contributed by atoms with Gasteiger partial charge in [0.05, 0.1) is 17.4 Å². The van der Waals surface area contributed by atoms with E-state index in [0.717, 1.165) is 49.4 Å². The summed E-state index contributed by atoms with van der Waals surface area (Å²) in [4.78, 5) is 39.6. The molecule has 2 atom stereocenters. The zero-order valence-electron chi connectivity index (χ0n) is 14.9. The summed E-state index contributed by atoms with van der Waals surface area (Å²) in [6, 6.07) is 7.48. The molecule has 1 aromatic rings. The highest BCUT2D eigenvalue weighted by atomic mass is 32.2.